The van der Waals surface area contributed by atoms with Gasteiger partial charge in [0.15, 0.2) is 0 Å². The van der Waals surface area contributed by atoms with Gasteiger partial charge in [-0.3, -0.25) is 0 Å². The van der Waals surface area contributed by atoms with Crippen LogP contribution in [-0.2, 0) is 0 Å². The topological polar surface area (TPSA) is 29.5 Å². The van der Waals surface area contributed by atoms with E-state index in [4.69, 9.17) is 8.83 Å². The van der Waals surface area contributed by atoms with Gasteiger partial charge >= 0.3 is 0 Å². The summed E-state index contributed by atoms with van der Waals surface area (Å²) in [6.45, 7) is 0. The van der Waals surface area contributed by atoms with Crippen molar-refractivity contribution in [2.75, 3.05) is 4.90 Å². The van der Waals surface area contributed by atoms with E-state index in [0.717, 1.165) is 77.5 Å². The fourth-order valence-corrected chi connectivity index (χ4v) is 7.35. The number of nitrogens with zero attached hydrogens (tertiary/aromatic N) is 1. The molecule has 0 amide bonds. The van der Waals surface area contributed by atoms with Gasteiger partial charge in [-0.05, 0) is 65.0 Å². The van der Waals surface area contributed by atoms with E-state index >= 15 is 0 Å². The van der Waals surface area contributed by atoms with Crippen molar-refractivity contribution in [2.24, 2.45) is 0 Å². The molecule has 3 heteroatoms. The smallest absolute Gasteiger partial charge is 0.143 e. The number of hydrogen-bond donors (Lipinski definition) is 0. The van der Waals surface area contributed by atoms with Crippen LogP contribution in [0.2, 0.25) is 0 Å². The summed E-state index contributed by atoms with van der Waals surface area (Å²) in [4.78, 5) is 2.35. The van der Waals surface area contributed by atoms with Gasteiger partial charge in [0.1, 0.15) is 22.3 Å². The van der Waals surface area contributed by atoms with Gasteiger partial charge in [-0.15, -0.1) is 0 Å². The molecular weight excluding hydrogens is 599 g/mol. The molecule has 0 saturated carbocycles. The Hall–Kier alpha value is -6.58. The standard InChI is InChI=1S/C46H29NO2/c1-2-11-30(12-3-1)31-21-24-33(25-22-31)47(34-26-28-44-41(29-34)37-16-7-9-20-43(37)48-44)42-19-8-6-15-36(42)38-17-10-18-39-40-27-23-32-13-4-5-14-35(32)45(40)49-46(38)39/h1-29H. The molecule has 10 aromatic rings. The second-order valence-electron chi connectivity index (χ2n) is 12.5. The lowest BCUT2D eigenvalue weighted by Crippen LogP contribution is -2.11. The third-order valence-corrected chi connectivity index (χ3v) is 9.68. The summed E-state index contributed by atoms with van der Waals surface area (Å²) in [5.41, 5.74) is 11.2. The highest BCUT2D eigenvalue weighted by Gasteiger charge is 2.22. The normalized spacial score (nSPS) is 11.7. The molecule has 0 aliphatic carbocycles. The molecule has 0 spiro atoms. The number of hydrogen-bond acceptors (Lipinski definition) is 3. The van der Waals surface area contributed by atoms with Crippen LogP contribution in [0.4, 0.5) is 17.1 Å². The maximum Gasteiger partial charge on any atom is 0.143 e. The third-order valence-electron chi connectivity index (χ3n) is 9.68. The average Bonchev–Trinajstić information content (AvgIpc) is 3.75. The van der Waals surface area contributed by atoms with Crippen molar-refractivity contribution < 1.29 is 8.83 Å². The first-order valence-corrected chi connectivity index (χ1v) is 16.6. The minimum atomic E-state index is 0.872. The first-order chi connectivity index (χ1) is 24.3. The van der Waals surface area contributed by atoms with E-state index in [1.54, 1.807) is 0 Å². The second-order valence-corrected chi connectivity index (χ2v) is 12.5. The molecule has 2 heterocycles. The van der Waals surface area contributed by atoms with E-state index in [2.05, 4.69) is 169 Å². The van der Waals surface area contributed by atoms with E-state index in [-0.39, 0.29) is 0 Å². The van der Waals surface area contributed by atoms with Crippen molar-refractivity contribution in [3.8, 4) is 22.3 Å². The van der Waals surface area contributed by atoms with Crippen molar-refractivity contribution in [3.63, 3.8) is 0 Å². The lowest BCUT2D eigenvalue weighted by atomic mass is 9.98. The average molecular weight is 628 g/mol. The zero-order valence-electron chi connectivity index (χ0n) is 26.5. The van der Waals surface area contributed by atoms with E-state index in [9.17, 15) is 0 Å². The molecule has 0 aliphatic heterocycles. The van der Waals surface area contributed by atoms with Crippen molar-refractivity contribution in [1.29, 1.82) is 0 Å². The van der Waals surface area contributed by atoms with Crippen LogP contribution in [0.3, 0.4) is 0 Å². The number of anilines is 3. The lowest BCUT2D eigenvalue weighted by Gasteiger charge is -2.28. The number of para-hydroxylation sites is 3. The van der Waals surface area contributed by atoms with Crippen LogP contribution >= 0.6 is 0 Å². The Morgan fingerprint density at radius 1 is 0.347 bits per heavy atom. The summed E-state index contributed by atoms with van der Waals surface area (Å²) in [6, 6.07) is 62.0. The minimum Gasteiger partial charge on any atom is -0.456 e. The first-order valence-electron chi connectivity index (χ1n) is 16.6. The van der Waals surface area contributed by atoms with Crippen molar-refractivity contribution in [3.05, 3.63) is 176 Å². The Balaban J connectivity index is 1.21. The van der Waals surface area contributed by atoms with Crippen LogP contribution in [0, 0.1) is 0 Å². The molecule has 0 N–H and O–H groups in total. The van der Waals surface area contributed by atoms with Gasteiger partial charge < -0.3 is 13.7 Å². The van der Waals surface area contributed by atoms with Gasteiger partial charge in [-0.25, -0.2) is 0 Å². The second kappa shape index (κ2) is 11.0. The van der Waals surface area contributed by atoms with Crippen molar-refractivity contribution in [1.82, 2.24) is 0 Å². The fourth-order valence-electron chi connectivity index (χ4n) is 7.35. The zero-order valence-corrected chi connectivity index (χ0v) is 26.5. The lowest BCUT2D eigenvalue weighted by molar-refractivity contribution is 0.669. The van der Waals surface area contributed by atoms with Gasteiger partial charge in [-0.1, -0.05) is 127 Å². The summed E-state index contributed by atoms with van der Waals surface area (Å²) in [5.74, 6) is 0. The molecule has 0 radical (unpaired) electrons. The van der Waals surface area contributed by atoms with Gasteiger partial charge in [0.25, 0.3) is 0 Å². The van der Waals surface area contributed by atoms with Gasteiger partial charge in [0.05, 0.1) is 5.69 Å². The molecule has 0 unspecified atom stereocenters. The largest absolute Gasteiger partial charge is 0.456 e. The molecule has 0 bridgehead atoms. The predicted octanol–water partition coefficient (Wildman–Crippen LogP) is 13.4. The SMILES string of the molecule is c1ccc(-c2ccc(N(c3ccc4oc5ccccc5c4c3)c3ccccc3-c3cccc4c3oc3c5ccccc5ccc43)cc2)cc1. The van der Waals surface area contributed by atoms with Crippen molar-refractivity contribution >= 4 is 71.7 Å². The zero-order chi connectivity index (χ0) is 32.3. The molecular formula is C46H29NO2. The van der Waals surface area contributed by atoms with Crippen LogP contribution in [0.25, 0.3) is 76.9 Å². The molecule has 8 aromatic carbocycles. The number of benzene rings is 8. The molecule has 230 valence electrons. The van der Waals surface area contributed by atoms with Crippen LogP contribution < -0.4 is 4.90 Å². The van der Waals surface area contributed by atoms with E-state index in [0.29, 0.717) is 0 Å². The highest BCUT2D eigenvalue weighted by atomic mass is 16.3. The van der Waals surface area contributed by atoms with Gasteiger partial charge in [-0.2, -0.15) is 0 Å². The number of furan rings is 2. The van der Waals surface area contributed by atoms with Crippen LogP contribution in [0.1, 0.15) is 0 Å². The Kier molecular flexibility index (Phi) is 6.18. The third kappa shape index (κ3) is 4.44. The van der Waals surface area contributed by atoms with Crippen LogP contribution in [-0.4, -0.2) is 0 Å². The van der Waals surface area contributed by atoms with Crippen LogP contribution in [0.5, 0.6) is 0 Å². The Labute approximate surface area is 282 Å². The first kappa shape index (κ1) is 27.5. The molecule has 3 nitrogen and oxygen atoms in total. The highest BCUT2D eigenvalue weighted by molar-refractivity contribution is 6.17. The molecule has 0 aliphatic rings. The predicted molar refractivity (Wildman–Crippen MR) is 204 cm³/mol. The molecule has 2 aromatic heterocycles. The fraction of sp³-hybridized carbons (Fsp3) is 0. The molecule has 0 saturated heterocycles. The monoisotopic (exact) mass is 627 g/mol. The summed E-state index contributed by atoms with van der Waals surface area (Å²) >= 11 is 0. The summed E-state index contributed by atoms with van der Waals surface area (Å²) in [7, 11) is 0. The maximum absolute atomic E-state index is 6.83. The van der Waals surface area contributed by atoms with E-state index < -0.39 is 0 Å². The highest BCUT2D eigenvalue weighted by Crippen LogP contribution is 2.46. The Bertz CT molecular complexity index is 2830. The van der Waals surface area contributed by atoms with E-state index in [1.807, 2.05) is 12.1 Å². The maximum atomic E-state index is 6.83. The van der Waals surface area contributed by atoms with Gasteiger partial charge in [0, 0.05) is 49.4 Å². The summed E-state index contributed by atoms with van der Waals surface area (Å²) in [5, 5.41) is 6.71. The quantitative estimate of drug-likeness (QED) is 0.190. The molecule has 0 atom stereocenters. The Morgan fingerprint density at radius 2 is 1.00 bits per heavy atom. The number of rotatable bonds is 5. The van der Waals surface area contributed by atoms with E-state index in [1.165, 1.54) is 16.5 Å². The van der Waals surface area contributed by atoms with Crippen LogP contribution in [0.15, 0.2) is 185 Å². The van der Waals surface area contributed by atoms with Crippen molar-refractivity contribution in [2.45, 2.75) is 0 Å². The molecule has 0 fully saturated rings. The minimum absolute atomic E-state index is 0.872. The molecule has 49 heavy (non-hydrogen) atoms. The molecule has 10 rings (SSSR count). The van der Waals surface area contributed by atoms with Gasteiger partial charge in [0.2, 0.25) is 0 Å². The Morgan fingerprint density at radius 3 is 1.90 bits per heavy atom. The number of fused-ring (bicyclic) bond motifs is 8. The summed E-state index contributed by atoms with van der Waals surface area (Å²) < 4.78 is 13.1. The summed E-state index contributed by atoms with van der Waals surface area (Å²) in [6.07, 6.45) is 0.